The van der Waals surface area contributed by atoms with E-state index in [1.54, 1.807) is 0 Å². The lowest BCUT2D eigenvalue weighted by Gasteiger charge is -2.40. The molecule has 1 aliphatic rings. The van der Waals surface area contributed by atoms with E-state index in [-0.39, 0.29) is 0 Å². The van der Waals surface area contributed by atoms with Crippen LogP contribution in [0.2, 0.25) is 0 Å². The first kappa shape index (κ1) is 14.9. The number of nitrogens with zero attached hydrogens (tertiary/aromatic N) is 2. The maximum absolute atomic E-state index is 3.58. The number of likely N-dealkylation sites (N-methyl/N-ethyl adjacent to an activating group) is 1. The van der Waals surface area contributed by atoms with Gasteiger partial charge in [0.1, 0.15) is 0 Å². The smallest absolute Gasteiger partial charge is 0.0244 e. The molecule has 1 aliphatic heterocycles. The Morgan fingerprint density at radius 3 is 2.18 bits per heavy atom. The van der Waals surface area contributed by atoms with E-state index < -0.39 is 0 Å². The highest BCUT2D eigenvalue weighted by Gasteiger charge is 2.24. The monoisotopic (exact) mass is 241 g/mol. The molecule has 1 N–H and O–H groups in total. The fourth-order valence-corrected chi connectivity index (χ4v) is 2.62. The van der Waals surface area contributed by atoms with Crippen molar-refractivity contribution >= 4 is 0 Å². The quantitative estimate of drug-likeness (QED) is 0.684. The zero-order valence-corrected chi connectivity index (χ0v) is 12.2. The second-order valence-corrected chi connectivity index (χ2v) is 5.49. The highest BCUT2D eigenvalue weighted by molar-refractivity contribution is 4.81. The van der Waals surface area contributed by atoms with Crippen LogP contribution >= 0.6 is 0 Å². The van der Waals surface area contributed by atoms with Crippen molar-refractivity contribution in [1.29, 1.82) is 0 Å². The molecule has 3 nitrogen and oxygen atoms in total. The standard InChI is InChI=1S/C14H31N3/c1-5-7-15-12-14(13(3)4)17-10-8-16(6-2)9-11-17/h13-15H,5-12H2,1-4H3. The maximum atomic E-state index is 3.58. The first-order valence-corrected chi connectivity index (χ1v) is 7.36. The molecule has 1 unspecified atom stereocenters. The average Bonchev–Trinajstić information content (AvgIpc) is 2.34. The number of piperazine rings is 1. The van der Waals surface area contributed by atoms with Crippen molar-refractivity contribution in [2.45, 2.75) is 40.2 Å². The predicted molar refractivity (Wildman–Crippen MR) is 75.5 cm³/mol. The van der Waals surface area contributed by atoms with Gasteiger partial charge < -0.3 is 10.2 Å². The van der Waals surface area contributed by atoms with Gasteiger partial charge in [-0.25, -0.2) is 0 Å². The van der Waals surface area contributed by atoms with Crippen molar-refractivity contribution in [1.82, 2.24) is 15.1 Å². The molecule has 0 amide bonds. The molecule has 102 valence electrons. The first-order valence-electron chi connectivity index (χ1n) is 7.36. The third-order valence-electron chi connectivity index (χ3n) is 3.87. The minimum atomic E-state index is 0.709. The first-order chi connectivity index (χ1) is 8.19. The molecular formula is C14H31N3. The lowest BCUT2D eigenvalue weighted by Crippen LogP contribution is -2.54. The number of hydrogen-bond acceptors (Lipinski definition) is 3. The van der Waals surface area contributed by atoms with Crippen LogP contribution in [0.1, 0.15) is 34.1 Å². The fourth-order valence-electron chi connectivity index (χ4n) is 2.62. The minimum absolute atomic E-state index is 0.709. The summed E-state index contributed by atoms with van der Waals surface area (Å²) in [6.45, 7) is 17.7. The summed E-state index contributed by atoms with van der Waals surface area (Å²) in [7, 11) is 0. The van der Waals surface area contributed by atoms with Crippen LogP contribution in [0.5, 0.6) is 0 Å². The molecular weight excluding hydrogens is 210 g/mol. The van der Waals surface area contributed by atoms with E-state index >= 15 is 0 Å². The van der Waals surface area contributed by atoms with E-state index in [1.807, 2.05) is 0 Å². The molecule has 0 saturated carbocycles. The Kier molecular flexibility index (Phi) is 7.09. The molecule has 1 heterocycles. The lowest BCUT2D eigenvalue weighted by atomic mass is 10.0. The molecule has 3 heteroatoms. The van der Waals surface area contributed by atoms with E-state index in [2.05, 4.69) is 42.8 Å². The van der Waals surface area contributed by atoms with Gasteiger partial charge >= 0.3 is 0 Å². The Labute approximate surface area is 108 Å². The van der Waals surface area contributed by atoms with E-state index in [0.29, 0.717) is 6.04 Å². The second-order valence-electron chi connectivity index (χ2n) is 5.49. The van der Waals surface area contributed by atoms with Gasteiger partial charge in [0.2, 0.25) is 0 Å². The third kappa shape index (κ3) is 4.94. The van der Waals surface area contributed by atoms with Gasteiger partial charge in [-0.1, -0.05) is 27.7 Å². The molecule has 0 aliphatic carbocycles. The fraction of sp³-hybridized carbons (Fsp3) is 1.00. The summed E-state index contributed by atoms with van der Waals surface area (Å²) in [6, 6.07) is 0.709. The molecule has 17 heavy (non-hydrogen) atoms. The van der Waals surface area contributed by atoms with Gasteiger partial charge in [0, 0.05) is 38.8 Å². The minimum Gasteiger partial charge on any atom is -0.315 e. The van der Waals surface area contributed by atoms with Gasteiger partial charge in [0.25, 0.3) is 0 Å². The van der Waals surface area contributed by atoms with E-state index in [9.17, 15) is 0 Å². The Bertz CT molecular complexity index is 186. The van der Waals surface area contributed by atoms with Gasteiger partial charge in [-0.05, 0) is 25.4 Å². The molecule has 1 rings (SSSR count). The Hall–Kier alpha value is -0.120. The van der Waals surface area contributed by atoms with Crippen molar-refractivity contribution in [2.24, 2.45) is 5.92 Å². The van der Waals surface area contributed by atoms with Gasteiger partial charge in [0.05, 0.1) is 0 Å². The second kappa shape index (κ2) is 8.06. The van der Waals surface area contributed by atoms with Crippen LogP contribution in [0.15, 0.2) is 0 Å². The van der Waals surface area contributed by atoms with Crippen LogP contribution < -0.4 is 5.32 Å². The zero-order valence-electron chi connectivity index (χ0n) is 12.2. The molecule has 0 aromatic heterocycles. The maximum Gasteiger partial charge on any atom is 0.0244 e. The molecule has 0 aromatic rings. The van der Waals surface area contributed by atoms with Crippen LogP contribution in [0, 0.1) is 5.92 Å². The summed E-state index contributed by atoms with van der Waals surface area (Å²) in [5.74, 6) is 0.743. The topological polar surface area (TPSA) is 18.5 Å². The predicted octanol–water partition coefficient (Wildman–Crippen LogP) is 1.65. The molecule has 1 atom stereocenters. The van der Waals surface area contributed by atoms with Crippen LogP contribution in [-0.4, -0.2) is 61.7 Å². The van der Waals surface area contributed by atoms with Crippen LogP contribution in [0.3, 0.4) is 0 Å². The molecule has 0 radical (unpaired) electrons. The molecule has 0 aromatic carbocycles. The van der Waals surface area contributed by atoms with Crippen molar-refractivity contribution in [3.8, 4) is 0 Å². The molecule has 1 saturated heterocycles. The van der Waals surface area contributed by atoms with Crippen molar-refractivity contribution < 1.29 is 0 Å². The summed E-state index contributed by atoms with van der Waals surface area (Å²) in [4.78, 5) is 5.23. The van der Waals surface area contributed by atoms with E-state index in [4.69, 9.17) is 0 Å². The van der Waals surface area contributed by atoms with Crippen molar-refractivity contribution in [3.05, 3.63) is 0 Å². The largest absolute Gasteiger partial charge is 0.315 e. The average molecular weight is 241 g/mol. The van der Waals surface area contributed by atoms with E-state index in [0.717, 1.165) is 19.0 Å². The lowest BCUT2D eigenvalue weighted by molar-refractivity contribution is 0.0784. The normalized spacial score (nSPS) is 21.0. The van der Waals surface area contributed by atoms with Crippen LogP contribution in [0.4, 0.5) is 0 Å². The summed E-state index contributed by atoms with van der Waals surface area (Å²) in [5.41, 5.74) is 0. The Morgan fingerprint density at radius 1 is 1.06 bits per heavy atom. The van der Waals surface area contributed by atoms with Gasteiger partial charge in [-0.3, -0.25) is 4.90 Å². The highest BCUT2D eigenvalue weighted by atomic mass is 15.3. The molecule has 1 fully saturated rings. The van der Waals surface area contributed by atoms with Crippen molar-refractivity contribution in [2.75, 3.05) is 45.8 Å². The summed E-state index contributed by atoms with van der Waals surface area (Å²) in [5, 5.41) is 3.58. The van der Waals surface area contributed by atoms with Gasteiger partial charge in [-0.2, -0.15) is 0 Å². The van der Waals surface area contributed by atoms with Crippen LogP contribution in [0.25, 0.3) is 0 Å². The third-order valence-corrected chi connectivity index (χ3v) is 3.87. The van der Waals surface area contributed by atoms with Crippen molar-refractivity contribution in [3.63, 3.8) is 0 Å². The summed E-state index contributed by atoms with van der Waals surface area (Å²) >= 11 is 0. The van der Waals surface area contributed by atoms with Gasteiger partial charge in [-0.15, -0.1) is 0 Å². The number of nitrogens with one attached hydrogen (secondary N) is 1. The number of hydrogen-bond donors (Lipinski definition) is 1. The SMILES string of the molecule is CCCNCC(C(C)C)N1CCN(CC)CC1. The summed E-state index contributed by atoms with van der Waals surface area (Å²) in [6.07, 6.45) is 1.23. The Morgan fingerprint density at radius 2 is 1.71 bits per heavy atom. The highest BCUT2D eigenvalue weighted by Crippen LogP contribution is 2.13. The Balaban J connectivity index is 2.37. The van der Waals surface area contributed by atoms with Crippen LogP contribution in [-0.2, 0) is 0 Å². The van der Waals surface area contributed by atoms with E-state index in [1.165, 1.54) is 39.1 Å². The summed E-state index contributed by atoms with van der Waals surface area (Å²) < 4.78 is 0. The zero-order chi connectivity index (χ0) is 12.7. The molecule has 0 bridgehead atoms. The van der Waals surface area contributed by atoms with Gasteiger partial charge in [0.15, 0.2) is 0 Å². The molecule has 0 spiro atoms. The number of rotatable bonds is 7.